The molecule has 3 N–H and O–H groups in total. The maximum atomic E-state index is 12.5. The van der Waals surface area contributed by atoms with Gasteiger partial charge < -0.3 is 20.2 Å². The Morgan fingerprint density at radius 1 is 1.05 bits per heavy atom. The van der Waals surface area contributed by atoms with Crippen LogP contribution in [0, 0.1) is 0 Å². The zero-order chi connectivity index (χ0) is 29.6. The molecule has 41 heavy (non-hydrogen) atoms. The number of alkyl halides is 3. The van der Waals surface area contributed by atoms with Crippen LogP contribution in [-0.2, 0) is 11.9 Å². The third-order valence-corrected chi connectivity index (χ3v) is 6.04. The van der Waals surface area contributed by atoms with Crippen molar-refractivity contribution in [3.05, 3.63) is 83.6 Å². The second kappa shape index (κ2) is 12.7. The molecular formula is C28H28F3N7O2S. The first-order valence-electron chi connectivity index (χ1n) is 12.4. The lowest BCUT2D eigenvalue weighted by Gasteiger charge is -2.14. The zero-order valence-electron chi connectivity index (χ0n) is 22.7. The van der Waals surface area contributed by atoms with Crippen LogP contribution in [0.25, 0.3) is 10.9 Å². The summed E-state index contributed by atoms with van der Waals surface area (Å²) in [6.45, 7) is 4.23. The Hall–Kier alpha value is -4.65. The Kier molecular flexibility index (Phi) is 9.07. The van der Waals surface area contributed by atoms with Gasteiger partial charge in [-0.15, -0.1) is 13.2 Å². The number of fused-ring (bicyclic) bond motifs is 1. The van der Waals surface area contributed by atoms with Gasteiger partial charge in [0, 0.05) is 23.8 Å². The van der Waals surface area contributed by atoms with E-state index >= 15 is 0 Å². The van der Waals surface area contributed by atoms with E-state index in [1.54, 1.807) is 17.9 Å². The van der Waals surface area contributed by atoms with E-state index in [4.69, 9.17) is 17.1 Å². The Bertz CT molecular complexity index is 1580. The summed E-state index contributed by atoms with van der Waals surface area (Å²) in [5.74, 6) is 0.268. The minimum atomic E-state index is -4.77. The van der Waals surface area contributed by atoms with Crippen molar-refractivity contribution in [2.24, 2.45) is 17.3 Å². The Labute approximate surface area is 240 Å². The summed E-state index contributed by atoms with van der Waals surface area (Å²) in [6, 6.07) is 18.8. The summed E-state index contributed by atoms with van der Waals surface area (Å²) in [6.07, 6.45) is -3.13. The first-order valence-corrected chi connectivity index (χ1v) is 12.8. The predicted octanol–water partition coefficient (Wildman–Crippen LogP) is 6.34. The van der Waals surface area contributed by atoms with Crippen LogP contribution in [0.2, 0.25) is 0 Å². The summed E-state index contributed by atoms with van der Waals surface area (Å²) in [4.78, 5) is 5.00. The average Bonchev–Trinajstić information content (AvgIpc) is 3.24. The van der Waals surface area contributed by atoms with Gasteiger partial charge in [-0.3, -0.25) is 10.1 Å². The molecule has 0 aliphatic carbocycles. The average molecular weight is 584 g/mol. The summed E-state index contributed by atoms with van der Waals surface area (Å²) in [5, 5.41) is 20.2. The number of ether oxygens (including phenoxy) is 1. The molecule has 3 aromatic carbocycles. The number of anilines is 2. The van der Waals surface area contributed by atoms with Crippen molar-refractivity contribution < 1.29 is 22.7 Å². The van der Waals surface area contributed by atoms with Crippen molar-refractivity contribution in [3.8, 4) is 5.75 Å². The molecule has 0 fully saturated rings. The molecule has 0 bridgehead atoms. The summed E-state index contributed by atoms with van der Waals surface area (Å²) in [5.41, 5.74) is 7.44. The van der Waals surface area contributed by atoms with E-state index in [2.05, 4.69) is 56.1 Å². The number of halogens is 3. The summed E-state index contributed by atoms with van der Waals surface area (Å²) in [7, 11) is 3.17. The van der Waals surface area contributed by atoms with Crippen molar-refractivity contribution in [1.29, 1.82) is 0 Å². The first kappa shape index (κ1) is 29.3. The molecule has 0 spiro atoms. The smallest absolute Gasteiger partial charge is 0.406 e. The van der Waals surface area contributed by atoms with Gasteiger partial charge in [0.2, 0.25) is 0 Å². The Balaban J connectivity index is 1.48. The highest BCUT2D eigenvalue weighted by atomic mass is 32.1. The fourth-order valence-corrected chi connectivity index (χ4v) is 4.22. The standard InChI is InChI=1S/C28H28F3N7O2S/c1-17(2)21-7-5-6-8-23(21)34-27(41)35-32-16-18-9-14-22-24(15-18)38(3)36-25(22)26(37-39-4)33-19-10-12-20(13-11-19)40-28(29,30)31/h5-17H,1-4H3,(H,33,37)(H2,34,35,41)/b32-16+. The lowest BCUT2D eigenvalue weighted by molar-refractivity contribution is -0.274. The van der Waals surface area contributed by atoms with E-state index in [0.717, 1.165) is 27.7 Å². The van der Waals surface area contributed by atoms with Gasteiger partial charge in [0.1, 0.15) is 18.6 Å². The topological polar surface area (TPSA) is 97.1 Å². The number of para-hydroxylation sites is 1. The molecule has 0 saturated heterocycles. The van der Waals surface area contributed by atoms with Crippen molar-refractivity contribution in [3.63, 3.8) is 0 Å². The van der Waals surface area contributed by atoms with Crippen LogP contribution in [-0.4, -0.2) is 40.4 Å². The van der Waals surface area contributed by atoms with Gasteiger partial charge >= 0.3 is 6.36 Å². The van der Waals surface area contributed by atoms with E-state index in [1.165, 1.54) is 31.4 Å². The number of aromatic nitrogens is 2. The number of aryl methyl sites for hydroxylation is 1. The number of benzene rings is 3. The van der Waals surface area contributed by atoms with E-state index in [-0.39, 0.29) is 11.6 Å². The molecule has 0 aliphatic rings. The van der Waals surface area contributed by atoms with E-state index < -0.39 is 6.36 Å². The molecule has 0 unspecified atom stereocenters. The minimum Gasteiger partial charge on any atom is -0.406 e. The maximum Gasteiger partial charge on any atom is 0.573 e. The normalized spacial score (nSPS) is 12.1. The van der Waals surface area contributed by atoms with Crippen LogP contribution in [0.3, 0.4) is 0 Å². The van der Waals surface area contributed by atoms with Crippen LogP contribution in [0.5, 0.6) is 5.75 Å². The van der Waals surface area contributed by atoms with E-state index in [1.807, 2.05) is 36.4 Å². The van der Waals surface area contributed by atoms with Crippen LogP contribution in [0.4, 0.5) is 24.5 Å². The highest BCUT2D eigenvalue weighted by Crippen LogP contribution is 2.26. The highest BCUT2D eigenvalue weighted by molar-refractivity contribution is 7.80. The maximum absolute atomic E-state index is 12.5. The van der Waals surface area contributed by atoms with Gasteiger partial charge in [-0.2, -0.15) is 10.2 Å². The molecule has 214 valence electrons. The van der Waals surface area contributed by atoms with Gasteiger partial charge in [0.25, 0.3) is 0 Å². The van der Waals surface area contributed by atoms with Crippen molar-refractivity contribution in [2.45, 2.75) is 26.1 Å². The molecule has 1 heterocycles. The molecule has 1 aromatic heterocycles. The third kappa shape index (κ3) is 7.72. The number of amidine groups is 1. The monoisotopic (exact) mass is 583 g/mol. The predicted molar refractivity (Wildman–Crippen MR) is 158 cm³/mol. The molecular weight excluding hydrogens is 555 g/mol. The van der Waals surface area contributed by atoms with E-state index in [0.29, 0.717) is 22.4 Å². The lowest BCUT2D eigenvalue weighted by atomic mass is 10.0. The molecule has 4 rings (SSSR count). The van der Waals surface area contributed by atoms with Gasteiger partial charge in [-0.1, -0.05) is 43.3 Å². The third-order valence-electron chi connectivity index (χ3n) is 5.84. The van der Waals surface area contributed by atoms with E-state index in [9.17, 15) is 13.2 Å². The second-order valence-electron chi connectivity index (χ2n) is 9.13. The molecule has 0 radical (unpaired) electrons. The zero-order valence-corrected chi connectivity index (χ0v) is 23.5. The number of nitrogens with one attached hydrogen (secondary N) is 3. The Morgan fingerprint density at radius 3 is 2.46 bits per heavy atom. The molecule has 13 heteroatoms. The van der Waals surface area contributed by atoms with Crippen LogP contribution < -0.4 is 20.8 Å². The fourth-order valence-electron chi connectivity index (χ4n) is 4.05. The number of rotatable bonds is 8. The number of hydrogen-bond acceptors (Lipinski definition) is 6. The molecule has 0 atom stereocenters. The first-order chi connectivity index (χ1) is 19.5. The van der Waals surface area contributed by atoms with Crippen LogP contribution >= 0.6 is 12.2 Å². The molecule has 9 nitrogen and oxygen atoms in total. The fraction of sp³-hybridized carbons (Fsp3) is 0.214. The number of nitrogens with zero attached hydrogens (tertiary/aromatic N) is 4. The number of thiocarbonyl (C=S) groups is 1. The SMILES string of the molecule is CO/N=C(\Nc1ccc(OC(F)(F)F)cc1)c1nn(C)c2cc(/C=N/NC(=S)Nc3ccccc3C(C)C)ccc12. The van der Waals surface area contributed by atoms with Crippen LogP contribution in [0.15, 0.2) is 77.0 Å². The number of oxime groups is 1. The second-order valence-corrected chi connectivity index (χ2v) is 9.54. The van der Waals surface area contributed by atoms with Crippen molar-refractivity contribution in [1.82, 2.24) is 15.2 Å². The summed E-state index contributed by atoms with van der Waals surface area (Å²) < 4.78 is 43.0. The van der Waals surface area contributed by atoms with Gasteiger partial charge in [-0.25, -0.2) is 0 Å². The molecule has 0 saturated carbocycles. The molecule has 0 aliphatic heterocycles. The molecule has 4 aromatic rings. The summed E-state index contributed by atoms with van der Waals surface area (Å²) >= 11 is 5.40. The van der Waals surface area contributed by atoms with Gasteiger partial charge in [0.15, 0.2) is 10.9 Å². The van der Waals surface area contributed by atoms with Crippen molar-refractivity contribution in [2.75, 3.05) is 17.7 Å². The van der Waals surface area contributed by atoms with Gasteiger partial charge in [0.05, 0.1) is 11.7 Å². The minimum absolute atomic E-state index is 0.267. The largest absolute Gasteiger partial charge is 0.573 e. The molecule has 0 amide bonds. The highest BCUT2D eigenvalue weighted by Gasteiger charge is 2.31. The van der Waals surface area contributed by atoms with Crippen LogP contribution in [0.1, 0.15) is 36.6 Å². The van der Waals surface area contributed by atoms with Gasteiger partial charge in [-0.05, 0) is 71.7 Å². The lowest BCUT2D eigenvalue weighted by Crippen LogP contribution is -2.24. The number of hydrazone groups is 1. The Morgan fingerprint density at radius 2 is 1.78 bits per heavy atom. The quantitative estimate of drug-likeness (QED) is 0.0965. The number of hydrogen-bond donors (Lipinski definition) is 3. The van der Waals surface area contributed by atoms with Crippen molar-refractivity contribution >= 4 is 51.7 Å².